The zero-order valence-corrected chi connectivity index (χ0v) is 14.0. The third-order valence-electron chi connectivity index (χ3n) is 3.12. The molecule has 1 aliphatic rings. The van der Waals surface area contributed by atoms with Crippen molar-refractivity contribution >= 4 is 49.2 Å². The van der Waals surface area contributed by atoms with Crippen LogP contribution in [0.25, 0.3) is 0 Å². The number of carboxylic acids is 1. The summed E-state index contributed by atoms with van der Waals surface area (Å²) in [6, 6.07) is 3.05. The Hall–Kier alpha value is -0.970. The molecule has 0 bridgehead atoms. The van der Waals surface area contributed by atoms with Crippen LogP contribution in [0.2, 0.25) is 0 Å². The summed E-state index contributed by atoms with van der Waals surface area (Å²) in [6.07, 6.45) is 0.395. The Kier molecular flexibility index (Phi) is 5.02. The molecule has 1 unspecified atom stereocenters. The minimum atomic E-state index is -3.72. The van der Waals surface area contributed by atoms with Crippen LogP contribution in [-0.4, -0.2) is 49.9 Å². The smallest absolute Gasteiger partial charge is 0.308 e. The van der Waals surface area contributed by atoms with Gasteiger partial charge >= 0.3 is 5.97 Å². The molecule has 1 fully saturated rings. The molecular weight excluding hydrogens is 384 g/mol. The van der Waals surface area contributed by atoms with E-state index in [1.165, 1.54) is 11.0 Å². The molecule has 2 heterocycles. The van der Waals surface area contributed by atoms with Gasteiger partial charge in [-0.05, 0) is 34.5 Å². The number of hydrogen-bond donors (Lipinski definition) is 2. The number of likely N-dealkylation sites (tertiary alicyclic amines) is 1. The van der Waals surface area contributed by atoms with Crippen molar-refractivity contribution < 1.29 is 23.1 Å². The quantitative estimate of drug-likeness (QED) is 0.762. The number of rotatable bonds is 5. The summed E-state index contributed by atoms with van der Waals surface area (Å²) in [7, 11) is -3.72. The number of carboxylic acid groups (broad SMARTS) is 1. The number of halogens is 1. The van der Waals surface area contributed by atoms with E-state index in [4.69, 9.17) is 5.11 Å². The molecule has 1 saturated heterocycles. The van der Waals surface area contributed by atoms with Crippen molar-refractivity contribution in [1.82, 2.24) is 9.62 Å². The van der Waals surface area contributed by atoms with Crippen LogP contribution in [0.5, 0.6) is 0 Å². The largest absolute Gasteiger partial charge is 0.481 e. The molecule has 0 saturated carbocycles. The predicted molar refractivity (Wildman–Crippen MR) is 79.5 cm³/mol. The summed E-state index contributed by atoms with van der Waals surface area (Å²) < 4.78 is 26.9. The first kappa shape index (κ1) is 16.4. The van der Waals surface area contributed by atoms with Gasteiger partial charge in [0.15, 0.2) is 0 Å². The maximum Gasteiger partial charge on any atom is 0.308 e. The number of amides is 1. The van der Waals surface area contributed by atoms with E-state index in [1.807, 2.05) is 0 Å². The standard InChI is InChI=1S/C11H13BrN2O5S2/c12-8-1-2-10(20-8)21(18,19)13-5-9(15)14-4-3-7(6-14)11(16)17/h1-2,7,13H,3-6H2,(H,16,17). The van der Waals surface area contributed by atoms with Crippen LogP contribution in [0.1, 0.15) is 6.42 Å². The molecule has 0 aromatic carbocycles. The van der Waals surface area contributed by atoms with Crippen molar-refractivity contribution in [3.05, 3.63) is 15.9 Å². The molecule has 0 aliphatic carbocycles. The van der Waals surface area contributed by atoms with E-state index in [1.54, 1.807) is 6.07 Å². The van der Waals surface area contributed by atoms with E-state index < -0.39 is 27.8 Å². The molecule has 1 aliphatic heterocycles. The second-order valence-corrected chi connectivity index (χ2v) is 9.00. The lowest BCUT2D eigenvalue weighted by Gasteiger charge is -2.15. The van der Waals surface area contributed by atoms with Crippen LogP contribution in [0, 0.1) is 5.92 Å². The third-order valence-corrected chi connectivity index (χ3v) is 6.63. The van der Waals surface area contributed by atoms with Crippen molar-refractivity contribution in [2.24, 2.45) is 5.92 Å². The lowest BCUT2D eigenvalue weighted by atomic mass is 10.1. The van der Waals surface area contributed by atoms with Gasteiger partial charge in [0.1, 0.15) is 4.21 Å². The fraction of sp³-hybridized carbons (Fsp3) is 0.455. The van der Waals surface area contributed by atoms with Gasteiger partial charge in [-0.2, -0.15) is 0 Å². The fourth-order valence-corrected chi connectivity index (χ4v) is 5.00. The Morgan fingerprint density at radius 3 is 2.71 bits per heavy atom. The summed E-state index contributed by atoms with van der Waals surface area (Å²) in [6.45, 7) is 0.0900. The van der Waals surface area contributed by atoms with Gasteiger partial charge in [-0.1, -0.05) is 0 Å². The first-order valence-electron chi connectivity index (χ1n) is 6.05. The summed E-state index contributed by atoms with van der Waals surface area (Å²) in [4.78, 5) is 24.1. The molecule has 10 heteroatoms. The van der Waals surface area contributed by atoms with Crippen LogP contribution in [0.3, 0.4) is 0 Å². The van der Waals surface area contributed by atoms with Gasteiger partial charge in [0.05, 0.1) is 16.2 Å². The first-order chi connectivity index (χ1) is 9.79. The molecule has 1 aromatic heterocycles. The monoisotopic (exact) mass is 396 g/mol. The number of thiophene rings is 1. The van der Waals surface area contributed by atoms with Gasteiger partial charge in [-0.3, -0.25) is 9.59 Å². The van der Waals surface area contributed by atoms with Crippen LogP contribution in [0.15, 0.2) is 20.1 Å². The number of carbonyl (C=O) groups is 2. The maximum absolute atomic E-state index is 12.0. The zero-order chi connectivity index (χ0) is 15.6. The van der Waals surface area contributed by atoms with Crippen LogP contribution >= 0.6 is 27.3 Å². The molecule has 1 atom stereocenters. The SMILES string of the molecule is O=C(O)C1CCN(C(=O)CNS(=O)(=O)c2ccc(Br)s2)C1. The van der Waals surface area contributed by atoms with Crippen molar-refractivity contribution in [3.63, 3.8) is 0 Å². The minimum absolute atomic E-state index is 0.118. The number of aliphatic carboxylic acids is 1. The summed E-state index contributed by atoms with van der Waals surface area (Å²) >= 11 is 4.22. The number of sulfonamides is 1. The van der Waals surface area contributed by atoms with Crippen LogP contribution in [0.4, 0.5) is 0 Å². The van der Waals surface area contributed by atoms with Gasteiger partial charge < -0.3 is 10.0 Å². The first-order valence-corrected chi connectivity index (χ1v) is 9.14. The number of hydrogen-bond acceptors (Lipinski definition) is 5. The van der Waals surface area contributed by atoms with Gasteiger partial charge in [-0.25, -0.2) is 13.1 Å². The Morgan fingerprint density at radius 1 is 1.48 bits per heavy atom. The minimum Gasteiger partial charge on any atom is -0.481 e. The van der Waals surface area contributed by atoms with Crippen LogP contribution < -0.4 is 4.72 Å². The lowest BCUT2D eigenvalue weighted by Crippen LogP contribution is -2.39. The fourth-order valence-electron chi connectivity index (χ4n) is 1.97. The average Bonchev–Trinajstić information content (AvgIpc) is 3.04. The molecule has 1 aromatic rings. The Balaban J connectivity index is 1.91. The second kappa shape index (κ2) is 6.42. The molecule has 2 rings (SSSR count). The summed E-state index contributed by atoms with van der Waals surface area (Å²) in [5, 5.41) is 8.87. The number of nitrogens with zero attached hydrogens (tertiary/aromatic N) is 1. The van der Waals surface area contributed by atoms with Gasteiger partial charge in [0.25, 0.3) is 10.0 Å². The molecule has 0 radical (unpaired) electrons. The van der Waals surface area contributed by atoms with E-state index in [0.717, 1.165) is 11.3 Å². The summed E-state index contributed by atoms with van der Waals surface area (Å²) in [5.41, 5.74) is 0. The molecule has 21 heavy (non-hydrogen) atoms. The van der Waals surface area contributed by atoms with Crippen molar-refractivity contribution in [2.75, 3.05) is 19.6 Å². The predicted octanol–water partition coefficient (Wildman–Crippen LogP) is 0.722. The van der Waals surface area contributed by atoms with Gasteiger partial charge in [0.2, 0.25) is 5.91 Å². The highest BCUT2D eigenvalue weighted by molar-refractivity contribution is 9.11. The van der Waals surface area contributed by atoms with E-state index >= 15 is 0 Å². The molecule has 116 valence electrons. The van der Waals surface area contributed by atoms with Crippen molar-refractivity contribution in [3.8, 4) is 0 Å². The van der Waals surface area contributed by atoms with E-state index in [2.05, 4.69) is 20.7 Å². The molecule has 1 amide bonds. The average molecular weight is 397 g/mol. The van der Waals surface area contributed by atoms with Crippen molar-refractivity contribution in [1.29, 1.82) is 0 Å². The Labute approximate surface area is 134 Å². The molecule has 2 N–H and O–H groups in total. The highest BCUT2D eigenvalue weighted by Crippen LogP contribution is 2.25. The third kappa shape index (κ3) is 4.02. The highest BCUT2D eigenvalue weighted by atomic mass is 79.9. The molecule has 7 nitrogen and oxygen atoms in total. The zero-order valence-electron chi connectivity index (χ0n) is 10.8. The van der Waals surface area contributed by atoms with Crippen LogP contribution in [-0.2, 0) is 19.6 Å². The maximum atomic E-state index is 12.0. The second-order valence-electron chi connectivity index (χ2n) is 4.55. The summed E-state index contributed by atoms with van der Waals surface area (Å²) in [5.74, 6) is -1.92. The van der Waals surface area contributed by atoms with Gasteiger partial charge in [0, 0.05) is 13.1 Å². The lowest BCUT2D eigenvalue weighted by molar-refractivity contribution is -0.141. The molecular formula is C11H13BrN2O5S2. The topological polar surface area (TPSA) is 104 Å². The van der Waals surface area contributed by atoms with Gasteiger partial charge in [-0.15, -0.1) is 11.3 Å². The van der Waals surface area contributed by atoms with E-state index in [-0.39, 0.29) is 17.3 Å². The number of carbonyl (C=O) groups excluding carboxylic acids is 1. The Bertz CT molecular complexity index is 657. The normalized spacial score (nSPS) is 18.9. The molecule has 0 spiro atoms. The van der Waals surface area contributed by atoms with Crippen molar-refractivity contribution in [2.45, 2.75) is 10.6 Å². The number of nitrogens with one attached hydrogen (secondary N) is 1. The Morgan fingerprint density at radius 2 is 2.19 bits per heavy atom. The highest BCUT2D eigenvalue weighted by Gasteiger charge is 2.31. The van der Waals surface area contributed by atoms with E-state index in [0.29, 0.717) is 16.8 Å². The van der Waals surface area contributed by atoms with E-state index in [9.17, 15) is 18.0 Å².